The lowest BCUT2D eigenvalue weighted by Crippen LogP contribution is -2.48. The molecule has 2 aromatic carbocycles. The number of benzene rings is 2. The van der Waals surface area contributed by atoms with Crippen LogP contribution in [0.2, 0.25) is 0 Å². The smallest absolute Gasteiger partial charge is 0.191 e. The second-order valence-corrected chi connectivity index (χ2v) is 7.38. The van der Waals surface area contributed by atoms with Gasteiger partial charge in [0.15, 0.2) is 5.96 Å². The van der Waals surface area contributed by atoms with Gasteiger partial charge in [-0.15, -0.1) is 0 Å². The van der Waals surface area contributed by atoms with Crippen LogP contribution in [0.4, 0.5) is 4.39 Å². The second-order valence-electron chi connectivity index (χ2n) is 7.38. The van der Waals surface area contributed by atoms with Crippen molar-refractivity contribution in [2.24, 2.45) is 4.99 Å². The number of nitrogens with one attached hydrogen (secondary N) is 2. The first kappa shape index (κ1) is 20.8. The average molecular weight is 394 g/mol. The van der Waals surface area contributed by atoms with Crippen molar-refractivity contribution >= 4 is 5.96 Å². The van der Waals surface area contributed by atoms with Gasteiger partial charge in [-0.05, 0) is 37.5 Å². The molecule has 0 aromatic heterocycles. The lowest BCUT2D eigenvalue weighted by molar-refractivity contribution is 0.158. The molecule has 2 N–H and O–H groups in total. The second kappa shape index (κ2) is 10.0. The standard InChI is InChI=1S/C23H28FN5/c1-17(19-6-4-3-5-7-19)29-12-10-21(11-13-29)28-23(26-2)27-16-20-9-8-18(15-25)14-22(20)24/h3-9,14,17,21H,10-13,16H2,1-2H3,(H2,26,27,28). The molecule has 1 aliphatic heterocycles. The fraction of sp³-hybridized carbons (Fsp3) is 0.391. The van der Waals surface area contributed by atoms with Crippen molar-refractivity contribution in [3.05, 3.63) is 71.0 Å². The summed E-state index contributed by atoms with van der Waals surface area (Å²) in [6.07, 6.45) is 2.06. The zero-order valence-electron chi connectivity index (χ0n) is 17.0. The van der Waals surface area contributed by atoms with Crippen molar-refractivity contribution in [3.8, 4) is 6.07 Å². The summed E-state index contributed by atoms with van der Waals surface area (Å²) in [5.74, 6) is 0.290. The van der Waals surface area contributed by atoms with Gasteiger partial charge in [0, 0.05) is 44.3 Å². The van der Waals surface area contributed by atoms with Gasteiger partial charge >= 0.3 is 0 Å². The Morgan fingerprint density at radius 2 is 1.97 bits per heavy atom. The summed E-state index contributed by atoms with van der Waals surface area (Å²) < 4.78 is 14.1. The van der Waals surface area contributed by atoms with E-state index in [2.05, 4.69) is 57.8 Å². The summed E-state index contributed by atoms with van der Waals surface area (Å²) in [6, 6.07) is 17.8. The van der Waals surface area contributed by atoms with Crippen molar-refractivity contribution < 1.29 is 4.39 Å². The highest BCUT2D eigenvalue weighted by atomic mass is 19.1. The van der Waals surface area contributed by atoms with Crippen LogP contribution in [0.15, 0.2) is 53.5 Å². The predicted octanol–water partition coefficient (Wildman–Crippen LogP) is 3.59. The Labute approximate surface area is 172 Å². The minimum absolute atomic E-state index is 0.321. The summed E-state index contributed by atoms with van der Waals surface area (Å²) in [7, 11) is 1.72. The molecule has 1 atom stereocenters. The van der Waals surface area contributed by atoms with E-state index in [1.165, 1.54) is 11.6 Å². The monoisotopic (exact) mass is 393 g/mol. The number of nitrogens with zero attached hydrogens (tertiary/aromatic N) is 3. The van der Waals surface area contributed by atoms with Gasteiger partial charge in [-0.3, -0.25) is 9.89 Å². The largest absolute Gasteiger partial charge is 0.354 e. The number of likely N-dealkylation sites (tertiary alicyclic amines) is 1. The number of aliphatic imine (C=N–C) groups is 1. The Bertz CT molecular complexity index is 867. The van der Waals surface area contributed by atoms with E-state index in [1.807, 2.05) is 6.07 Å². The quantitative estimate of drug-likeness (QED) is 0.602. The van der Waals surface area contributed by atoms with E-state index in [0.29, 0.717) is 35.7 Å². The molecule has 3 rings (SSSR count). The number of halogens is 1. The third kappa shape index (κ3) is 5.55. The summed E-state index contributed by atoms with van der Waals surface area (Å²) in [5, 5.41) is 15.5. The maximum atomic E-state index is 14.1. The molecule has 0 saturated carbocycles. The summed E-state index contributed by atoms with van der Waals surface area (Å²) >= 11 is 0. The first-order valence-corrected chi connectivity index (χ1v) is 10.1. The first-order valence-electron chi connectivity index (χ1n) is 10.1. The van der Waals surface area contributed by atoms with E-state index >= 15 is 0 Å². The Hall–Kier alpha value is -2.91. The van der Waals surface area contributed by atoms with Gasteiger partial charge in [-0.2, -0.15) is 5.26 Å². The Morgan fingerprint density at radius 1 is 1.24 bits per heavy atom. The fourth-order valence-electron chi connectivity index (χ4n) is 3.70. The first-order chi connectivity index (χ1) is 14.1. The highest BCUT2D eigenvalue weighted by Crippen LogP contribution is 2.24. The van der Waals surface area contributed by atoms with Gasteiger partial charge in [0.1, 0.15) is 5.82 Å². The number of rotatable bonds is 5. The van der Waals surface area contributed by atoms with Crippen LogP contribution < -0.4 is 10.6 Å². The van der Waals surface area contributed by atoms with Gasteiger partial charge in [-0.1, -0.05) is 36.4 Å². The van der Waals surface area contributed by atoms with Gasteiger partial charge < -0.3 is 10.6 Å². The number of guanidine groups is 1. The maximum absolute atomic E-state index is 14.1. The molecule has 0 aliphatic carbocycles. The van der Waals surface area contributed by atoms with Crippen LogP contribution in [0.3, 0.4) is 0 Å². The van der Waals surface area contributed by atoms with Crippen molar-refractivity contribution in [3.63, 3.8) is 0 Å². The third-order valence-electron chi connectivity index (χ3n) is 5.55. The molecule has 1 fully saturated rings. The topological polar surface area (TPSA) is 63.5 Å². The van der Waals surface area contributed by atoms with E-state index in [1.54, 1.807) is 19.2 Å². The van der Waals surface area contributed by atoms with Gasteiger partial charge in [0.25, 0.3) is 0 Å². The van der Waals surface area contributed by atoms with Crippen molar-refractivity contribution in [2.45, 2.75) is 38.4 Å². The lowest BCUT2D eigenvalue weighted by atomic mass is 10.0. The Kier molecular flexibility index (Phi) is 7.20. The maximum Gasteiger partial charge on any atom is 0.191 e. The summed E-state index contributed by atoms with van der Waals surface area (Å²) in [5.41, 5.74) is 2.18. The fourth-order valence-corrected chi connectivity index (χ4v) is 3.70. The number of piperidine rings is 1. The third-order valence-corrected chi connectivity index (χ3v) is 5.55. The molecule has 0 spiro atoms. The van der Waals surface area contributed by atoms with Crippen LogP contribution in [0.1, 0.15) is 42.5 Å². The zero-order chi connectivity index (χ0) is 20.6. The van der Waals surface area contributed by atoms with Crippen molar-refractivity contribution in [2.75, 3.05) is 20.1 Å². The minimum Gasteiger partial charge on any atom is -0.354 e. The highest BCUT2D eigenvalue weighted by molar-refractivity contribution is 5.80. The molecular formula is C23H28FN5. The molecule has 0 bridgehead atoms. The molecule has 1 saturated heterocycles. The van der Waals surface area contributed by atoms with Crippen LogP contribution in [0.25, 0.3) is 0 Å². The molecule has 1 unspecified atom stereocenters. The van der Waals surface area contributed by atoms with Crippen LogP contribution in [-0.2, 0) is 6.54 Å². The van der Waals surface area contributed by atoms with E-state index < -0.39 is 0 Å². The summed E-state index contributed by atoms with van der Waals surface area (Å²) in [4.78, 5) is 6.78. The Balaban J connectivity index is 1.48. The lowest BCUT2D eigenvalue weighted by Gasteiger charge is -2.37. The van der Waals surface area contributed by atoms with Gasteiger partial charge in [-0.25, -0.2) is 4.39 Å². The van der Waals surface area contributed by atoms with Crippen molar-refractivity contribution in [1.82, 2.24) is 15.5 Å². The molecule has 0 amide bonds. The average Bonchev–Trinajstić information content (AvgIpc) is 2.77. The molecule has 152 valence electrons. The van der Waals surface area contributed by atoms with Gasteiger partial charge in [0.05, 0.1) is 11.6 Å². The van der Waals surface area contributed by atoms with Crippen LogP contribution in [-0.4, -0.2) is 37.0 Å². The molecule has 6 heteroatoms. The Morgan fingerprint density at radius 3 is 2.59 bits per heavy atom. The molecule has 1 heterocycles. The highest BCUT2D eigenvalue weighted by Gasteiger charge is 2.24. The molecule has 1 aliphatic rings. The minimum atomic E-state index is -0.379. The predicted molar refractivity (Wildman–Crippen MR) is 114 cm³/mol. The summed E-state index contributed by atoms with van der Waals surface area (Å²) in [6.45, 7) is 4.63. The van der Waals surface area contributed by atoms with E-state index in [9.17, 15) is 4.39 Å². The van der Waals surface area contributed by atoms with Crippen molar-refractivity contribution in [1.29, 1.82) is 5.26 Å². The van der Waals surface area contributed by atoms with E-state index in [-0.39, 0.29) is 5.82 Å². The molecule has 0 radical (unpaired) electrons. The molecule has 5 nitrogen and oxygen atoms in total. The number of nitriles is 1. The van der Waals surface area contributed by atoms with E-state index in [4.69, 9.17) is 5.26 Å². The van der Waals surface area contributed by atoms with Crippen LogP contribution in [0, 0.1) is 17.1 Å². The molecular weight excluding hydrogens is 365 g/mol. The zero-order valence-corrected chi connectivity index (χ0v) is 17.0. The van der Waals surface area contributed by atoms with Crippen LogP contribution in [0.5, 0.6) is 0 Å². The number of hydrogen-bond donors (Lipinski definition) is 2. The molecule has 29 heavy (non-hydrogen) atoms. The number of hydrogen-bond acceptors (Lipinski definition) is 3. The molecule has 2 aromatic rings. The van der Waals surface area contributed by atoms with Gasteiger partial charge in [0.2, 0.25) is 0 Å². The SMILES string of the molecule is CN=C(NCc1ccc(C#N)cc1F)NC1CCN(C(C)c2ccccc2)CC1. The normalized spacial score (nSPS) is 16.8. The van der Waals surface area contributed by atoms with E-state index in [0.717, 1.165) is 25.9 Å². The van der Waals surface area contributed by atoms with Crippen LogP contribution >= 0.6 is 0 Å².